The molecule has 39 heavy (non-hydrogen) atoms. The van der Waals surface area contributed by atoms with E-state index in [4.69, 9.17) is 10.7 Å². The lowest BCUT2D eigenvalue weighted by Crippen LogP contribution is -2.45. The van der Waals surface area contributed by atoms with Crippen molar-refractivity contribution in [3.05, 3.63) is 108 Å². The number of halogens is 2. The summed E-state index contributed by atoms with van der Waals surface area (Å²) in [6.45, 7) is 7.48. The molecule has 3 N–H and O–H groups in total. The lowest BCUT2D eigenvalue weighted by molar-refractivity contribution is 0.116. The second-order valence-corrected chi connectivity index (χ2v) is 10.6. The highest BCUT2D eigenvalue weighted by molar-refractivity contribution is 5.89. The van der Waals surface area contributed by atoms with Crippen LogP contribution in [-0.2, 0) is 6.54 Å². The van der Waals surface area contributed by atoms with E-state index in [1.54, 1.807) is 4.90 Å². The molecule has 1 heterocycles. The number of amides is 2. The Labute approximate surface area is 228 Å². The number of urea groups is 1. The van der Waals surface area contributed by atoms with Crippen molar-refractivity contribution in [1.29, 1.82) is 0 Å². The monoisotopic (exact) mass is 531 g/mol. The molecule has 8 heteroatoms. The molecular formula is C31H35F2N5O. The van der Waals surface area contributed by atoms with Gasteiger partial charge in [0.1, 0.15) is 5.82 Å². The van der Waals surface area contributed by atoms with Crippen LogP contribution in [0.15, 0.2) is 85.1 Å². The molecule has 0 aliphatic rings. The molecule has 0 saturated heterocycles. The second-order valence-electron chi connectivity index (χ2n) is 10.6. The fourth-order valence-corrected chi connectivity index (χ4v) is 4.68. The summed E-state index contributed by atoms with van der Waals surface area (Å²) in [4.78, 5) is 20.5. The SMILES string of the molecule is CC(C)(C)[C@H](c1nc(-c2ccccc2)cn1Cc1ccccc1)N(CCCN)C(=O)Nc1ccc(F)c(F)c1. The third-order valence-corrected chi connectivity index (χ3v) is 6.48. The lowest BCUT2D eigenvalue weighted by atomic mass is 9.84. The average Bonchev–Trinajstić information content (AvgIpc) is 3.31. The minimum absolute atomic E-state index is 0.168. The summed E-state index contributed by atoms with van der Waals surface area (Å²) < 4.78 is 29.5. The van der Waals surface area contributed by atoms with Crippen molar-refractivity contribution in [1.82, 2.24) is 14.5 Å². The van der Waals surface area contributed by atoms with Crippen molar-refractivity contribution in [3.63, 3.8) is 0 Å². The maximum absolute atomic E-state index is 13.9. The molecule has 0 aliphatic heterocycles. The standard InChI is InChI=1S/C31H35F2N5O/c1-31(2,3)28(38(18-10-17-34)30(39)35-24-15-16-25(32)26(33)19-24)29-36-27(23-13-8-5-9-14-23)21-37(29)20-22-11-6-4-7-12-22/h4-9,11-16,19,21,28H,10,17-18,20,34H2,1-3H3,(H,35,39)/t28-/m0/s1. The van der Waals surface area contributed by atoms with Gasteiger partial charge >= 0.3 is 6.03 Å². The highest BCUT2D eigenvalue weighted by Gasteiger charge is 2.38. The summed E-state index contributed by atoms with van der Waals surface area (Å²) in [6.07, 6.45) is 2.58. The molecule has 0 aliphatic carbocycles. The third kappa shape index (κ3) is 6.89. The van der Waals surface area contributed by atoms with Crippen LogP contribution in [0, 0.1) is 17.0 Å². The van der Waals surface area contributed by atoms with Gasteiger partial charge in [0.15, 0.2) is 11.6 Å². The molecule has 0 fully saturated rings. The summed E-state index contributed by atoms with van der Waals surface area (Å²) in [5, 5.41) is 2.75. The number of nitrogens with one attached hydrogen (secondary N) is 1. The van der Waals surface area contributed by atoms with Gasteiger partial charge in [0.2, 0.25) is 0 Å². The Bertz CT molecular complexity index is 1380. The van der Waals surface area contributed by atoms with E-state index in [2.05, 4.69) is 42.8 Å². The first-order valence-corrected chi connectivity index (χ1v) is 13.1. The zero-order chi connectivity index (χ0) is 28.0. The average molecular weight is 532 g/mol. The van der Waals surface area contributed by atoms with Crippen LogP contribution in [0.4, 0.5) is 19.3 Å². The molecule has 0 spiro atoms. The Morgan fingerprint density at radius 1 is 1.00 bits per heavy atom. The maximum Gasteiger partial charge on any atom is 0.322 e. The molecule has 0 unspecified atom stereocenters. The number of nitrogens with zero attached hydrogens (tertiary/aromatic N) is 3. The van der Waals surface area contributed by atoms with Crippen molar-refractivity contribution in [2.75, 3.05) is 18.4 Å². The summed E-state index contributed by atoms with van der Waals surface area (Å²) in [7, 11) is 0. The molecule has 4 rings (SSSR count). The quantitative estimate of drug-likeness (QED) is 0.248. The Balaban J connectivity index is 1.80. The minimum Gasteiger partial charge on any atom is -0.330 e. The number of imidazole rings is 1. The van der Waals surface area contributed by atoms with Gasteiger partial charge in [-0.1, -0.05) is 81.4 Å². The van der Waals surface area contributed by atoms with Gasteiger partial charge in [-0.2, -0.15) is 0 Å². The highest BCUT2D eigenvalue weighted by Crippen LogP contribution is 2.39. The summed E-state index contributed by atoms with van der Waals surface area (Å²) in [5.41, 5.74) is 8.46. The van der Waals surface area contributed by atoms with Crippen LogP contribution in [-0.4, -0.2) is 33.6 Å². The van der Waals surface area contributed by atoms with Gasteiger partial charge in [-0.05, 0) is 36.1 Å². The van der Waals surface area contributed by atoms with E-state index < -0.39 is 29.1 Å². The van der Waals surface area contributed by atoms with Gasteiger partial charge < -0.3 is 20.5 Å². The van der Waals surface area contributed by atoms with Crippen LogP contribution in [0.5, 0.6) is 0 Å². The fraction of sp³-hybridized carbons (Fsp3) is 0.290. The predicted molar refractivity (Wildman–Crippen MR) is 151 cm³/mol. The molecular weight excluding hydrogens is 496 g/mol. The van der Waals surface area contributed by atoms with Crippen LogP contribution < -0.4 is 11.1 Å². The van der Waals surface area contributed by atoms with Crippen LogP contribution in [0.3, 0.4) is 0 Å². The first kappa shape index (κ1) is 28.0. The smallest absolute Gasteiger partial charge is 0.322 e. The third-order valence-electron chi connectivity index (χ3n) is 6.48. The van der Waals surface area contributed by atoms with Gasteiger partial charge in [-0.3, -0.25) is 0 Å². The highest BCUT2D eigenvalue weighted by atomic mass is 19.2. The zero-order valence-electron chi connectivity index (χ0n) is 22.6. The van der Waals surface area contributed by atoms with E-state index in [0.29, 0.717) is 26.1 Å². The van der Waals surface area contributed by atoms with Crippen LogP contribution in [0.1, 0.15) is 44.6 Å². The summed E-state index contributed by atoms with van der Waals surface area (Å²) >= 11 is 0. The Morgan fingerprint density at radius 3 is 2.28 bits per heavy atom. The van der Waals surface area contributed by atoms with Crippen LogP contribution in [0.25, 0.3) is 11.3 Å². The van der Waals surface area contributed by atoms with Crippen molar-refractivity contribution in [2.45, 2.75) is 39.8 Å². The van der Waals surface area contributed by atoms with E-state index in [1.165, 1.54) is 6.07 Å². The van der Waals surface area contributed by atoms with Crippen LogP contribution >= 0.6 is 0 Å². The van der Waals surface area contributed by atoms with Crippen molar-refractivity contribution < 1.29 is 13.6 Å². The molecule has 2 amide bonds. The van der Waals surface area contributed by atoms with Crippen molar-refractivity contribution in [2.24, 2.45) is 11.1 Å². The normalized spacial score (nSPS) is 12.3. The van der Waals surface area contributed by atoms with Crippen molar-refractivity contribution >= 4 is 11.7 Å². The molecule has 0 bridgehead atoms. The number of anilines is 1. The Morgan fingerprint density at radius 2 is 1.67 bits per heavy atom. The number of hydrogen-bond acceptors (Lipinski definition) is 3. The predicted octanol–water partition coefficient (Wildman–Crippen LogP) is 6.85. The second kappa shape index (κ2) is 12.2. The summed E-state index contributed by atoms with van der Waals surface area (Å²) in [6, 6.07) is 22.4. The number of hydrogen-bond donors (Lipinski definition) is 2. The summed E-state index contributed by atoms with van der Waals surface area (Å²) in [5.74, 6) is -1.28. The van der Waals surface area contributed by atoms with Gasteiger partial charge in [0.25, 0.3) is 0 Å². The number of benzene rings is 3. The van der Waals surface area contributed by atoms with E-state index in [9.17, 15) is 13.6 Å². The molecule has 204 valence electrons. The van der Waals surface area contributed by atoms with Gasteiger partial charge in [-0.15, -0.1) is 0 Å². The zero-order valence-corrected chi connectivity index (χ0v) is 22.6. The first-order chi connectivity index (χ1) is 18.7. The van der Waals surface area contributed by atoms with Gasteiger partial charge in [0, 0.05) is 36.6 Å². The number of rotatable bonds is 9. The molecule has 0 radical (unpaired) electrons. The fourth-order valence-electron chi connectivity index (χ4n) is 4.68. The minimum atomic E-state index is -1.03. The molecule has 3 aromatic carbocycles. The topological polar surface area (TPSA) is 76.2 Å². The molecule has 1 atom stereocenters. The molecule has 0 saturated carbocycles. The molecule has 6 nitrogen and oxygen atoms in total. The largest absolute Gasteiger partial charge is 0.330 e. The number of carbonyl (C=O) groups excluding carboxylic acids is 1. The number of aromatic nitrogens is 2. The van der Waals surface area contributed by atoms with Crippen molar-refractivity contribution in [3.8, 4) is 11.3 Å². The van der Waals surface area contributed by atoms with E-state index >= 15 is 0 Å². The molecule has 1 aromatic heterocycles. The number of nitrogens with two attached hydrogens (primary N) is 1. The van der Waals surface area contributed by atoms with Gasteiger partial charge in [-0.25, -0.2) is 18.6 Å². The van der Waals surface area contributed by atoms with Crippen LogP contribution in [0.2, 0.25) is 0 Å². The number of carbonyl (C=O) groups is 1. The lowest BCUT2D eigenvalue weighted by Gasteiger charge is -2.40. The Hall–Kier alpha value is -4.04. The van der Waals surface area contributed by atoms with Gasteiger partial charge in [0.05, 0.1) is 11.7 Å². The molecule has 4 aromatic rings. The van der Waals surface area contributed by atoms with E-state index in [0.717, 1.165) is 34.8 Å². The van der Waals surface area contributed by atoms with E-state index in [-0.39, 0.29) is 5.69 Å². The maximum atomic E-state index is 13.9. The Kier molecular flexibility index (Phi) is 8.76. The first-order valence-electron chi connectivity index (χ1n) is 13.1. The van der Waals surface area contributed by atoms with E-state index in [1.807, 2.05) is 54.7 Å².